The van der Waals surface area contributed by atoms with Crippen LogP contribution in [0.5, 0.6) is 0 Å². The Morgan fingerprint density at radius 3 is 2.88 bits per heavy atom. The maximum atomic E-state index is 13.0. The summed E-state index contributed by atoms with van der Waals surface area (Å²) >= 11 is 5.71. The molecule has 17 heavy (non-hydrogen) atoms. The molecular formula is C11H14ClFN2O2. The molecule has 1 atom stereocenters. The van der Waals surface area contributed by atoms with Gasteiger partial charge in [-0.05, 0) is 19.4 Å². The second kappa shape index (κ2) is 5.42. The largest absolute Gasteiger partial charge is 0.394 e. The van der Waals surface area contributed by atoms with Gasteiger partial charge in [0.2, 0.25) is 0 Å². The minimum Gasteiger partial charge on any atom is -0.394 e. The lowest BCUT2D eigenvalue weighted by Crippen LogP contribution is -2.48. The zero-order valence-electron chi connectivity index (χ0n) is 9.63. The average molecular weight is 261 g/mol. The number of carbonyl (C=O) groups excluding carboxylic acids is 1. The third-order valence-electron chi connectivity index (χ3n) is 2.59. The summed E-state index contributed by atoms with van der Waals surface area (Å²) in [6.45, 7) is 3.29. The molecule has 0 bridgehead atoms. The van der Waals surface area contributed by atoms with E-state index in [0.29, 0.717) is 6.42 Å². The molecule has 1 amide bonds. The maximum absolute atomic E-state index is 13.0. The zero-order valence-corrected chi connectivity index (χ0v) is 10.4. The molecular weight excluding hydrogens is 247 g/mol. The zero-order chi connectivity index (χ0) is 13.1. The molecule has 94 valence electrons. The molecule has 0 saturated carbocycles. The summed E-state index contributed by atoms with van der Waals surface area (Å²) in [7, 11) is 0. The number of carbonyl (C=O) groups is 1. The van der Waals surface area contributed by atoms with Gasteiger partial charge < -0.3 is 10.4 Å². The number of hydrogen-bond donors (Lipinski definition) is 2. The highest BCUT2D eigenvalue weighted by Gasteiger charge is 2.25. The first-order chi connectivity index (χ1) is 7.91. The van der Waals surface area contributed by atoms with E-state index in [-0.39, 0.29) is 17.3 Å². The van der Waals surface area contributed by atoms with E-state index in [0.717, 1.165) is 12.3 Å². The summed E-state index contributed by atoms with van der Waals surface area (Å²) in [6.07, 6.45) is 1.47. The molecule has 0 aliphatic rings. The molecule has 2 N–H and O–H groups in total. The van der Waals surface area contributed by atoms with Gasteiger partial charge in [-0.2, -0.15) is 0 Å². The number of aromatic nitrogens is 1. The van der Waals surface area contributed by atoms with E-state index in [9.17, 15) is 9.18 Å². The molecule has 0 aliphatic carbocycles. The van der Waals surface area contributed by atoms with Crippen molar-refractivity contribution in [1.29, 1.82) is 0 Å². The molecule has 4 nitrogen and oxygen atoms in total. The van der Waals surface area contributed by atoms with Gasteiger partial charge in [0.1, 0.15) is 11.0 Å². The van der Waals surface area contributed by atoms with E-state index in [2.05, 4.69) is 10.3 Å². The van der Waals surface area contributed by atoms with Gasteiger partial charge in [-0.1, -0.05) is 18.5 Å². The van der Waals surface area contributed by atoms with Crippen LogP contribution in [-0.4, -0.2) is 28.1 Å². The molecule has 1 aromatic heterocycles. The average Bonchev–Trinajstić information content (AvgIpc) is 2.32. The lowest BCUT2D eigenvalue weighted by Gasteiger charge is -2.27. The van der Waals surface area contributed by atoms with Gasteiger partial charge in [0.05, 0.1) is 23.9 Å². The van der Waals surface area contributed by atoms with Crippen LogP contribution >= 0.6 is 11.6 Å². The van der Waals surface area contributed by atoms with E-state index in [1.165, 1.54) is 0 Å². The highest BCUT2D eigenvalue weighted by molar-refractivity contribution is 6.32. The van der Waals surface area contributed by atoms with Gasteiger partial charge in [-0.15, -0.1) is 0 Å². The SMILES string of the molecule is CCC(C)(CO)NC(=O)c1cc(F)cnc1Cl. The molecule has 1 heterocycles. The minimum absolute atomic E-state index is 0.0419. The van der Waals surface area contributed by atoms with Crippen LogP contribution in [0.25, 0.3) is 0 Å². The number of halogens is 2. The van der Waals surface area contributed by atoms with E-state index in [1.54, 1.807) is 6.92 Å². The molecule has 0 spiro atoms. The highest BCUT2D eigenvalue weighted by Crippen LogP contribution is 2.16. The van der Waals surface area contributed by atoms with Crippen molar-refractivity contribution in [1.82, 2.24) is 10.3 Å². The summed E-state index contributed by atoms with van der Waals surface area (Å²) in [5.41, 5.74) is -0.799. The fourth-order valence-corrected chi connectivity index (χ4v) is 1.35. The van der Waals surface area contributed by atoms with Crippen molar-refractivity contribution in [3.05, 3.63) is 28.8 Å². The van der Waals surface area contributed by atoms with Crippen molar-refractivity contribution < 1.29 is 14.3 Å². The van der Waals surface area contributed by atoms with Gasteiger partial charge in [0.25, 0.3) is 5.91 Å². The Bertz CT molecular complexity index is 422. The van der Waals surface area contributed by atoms with E-state index >= 15 is 0 Å². The van der Waals surface area contributed by atoms with Gasteiger partial charge in [0.15, 0.2) is 0 Å². The number of aliphatic hydroxyl groups excluding tert-OH is 1. The molecule has 1 unspecified atom stereocenters. The molecule has 1 aromatic rings. The molecule has 1 rings (SSSR count). The van der Waals surface area contributed by atoms with Crippen molar-refractivity contribution in [3.63, 3.8) is 0 Å². The van der Waals surface area contributed by atoms with Crippen molar-refractivity contribution in [2.24, 2.45) is 0 Å². The van der Waals surface area contributed by atoms with Crippen LogP contribution in [0, 0.1) is 5.82 Å². The number of pyridine rings is 1. The van der Waals surface area contributed by atoms with E-state index < -0.39 is 17.3 Å². The monoisotopic (exact) mass is 260 g/mol. The first-order valence-corrected chi connectivity index (χ1v) is 5.54. The smallest absolute Gasteiger partial charge is 0.255 e. The first kappa shape index (κ1) is 13.9. The molecule has 6 heteroatoms. The first-order valence-electron chi connectivity index (χ1n) is 5.16. The topological polar surface area (TPSA) is 62.2 Å². The predicted molar refractivity (Wildman–Crippen MR) is 62.5 cm³/mol. The molecule has 0 radical (unpaired) electrons. The van der Waals surface area contributed by atoms with Crippen LogP contribution in [0.15, 0.2) is 12.3 Å². The lowest BCUT2D eigenvalue weighted by molar-refractivity contribution is 0.0846. The summed E-state index contributed by atoms with van der Waals surface area (Å²) in [6, 6.07) is 1.01. The Balaban J connectivity index is 2.94. The second-order valence-electron chi connectivity index (χ2n) is 4.02. The van der Waals surface area contributed by atoms with Gasteiger partial charge >= 0.3 is 0 Å². The lowest BCUT2D eigenvalue weighted by atomic mass is 10.00. The Labute approximate surface area is 104 Å². The summed E-state index contributed by atoms with van der Waals surface area (Å²) in [5, 5.41) is 11.7. The van der Waals surface area contributed by atoms with Crippen LogP contribution in [0.1, 0.15) is 30.6 Å². The summed E-state index contributed by atoms with van der Waals surface area (Å²) in [5.74, 6) is -1.19. The Morgan fingerprint density at radius 2 is 2.35 bits per heavy atom. The molecule has 0 saturated heterocycles. The minimum atomic E-state index is -0.757. The second-order valence-corrected chi connectivity index (χ2v) is 4.38. The molecule has 0 aromatic carbocycles. The van der Waals surface area contributed by atoms with Crippen LogP contribution in [-0.2, 0) is 0 Å². The van der Waals surface area contributed by atoms with Crippen molar-refractivity contribution in [2.45, 2.75) is 25.8 Å². The molecule has 0 fully saturated rings. The van der Waals surface area contributed by atoms with E-state index in [4.69, 9.17) is 16.7 Å². The Kier molecular flexibility index (Phi) is 4.42. The quantitative estimate of drug-likeness (QED) is 0.811. The number of nitrogens with zero attached hydrogens (tertiary/aromatic N) is 1. The predicted octanol–water partition coefficient (Wildman–Crippen LogP) is 1.76. The summed E-state index contributed by atoms with van der Waals surface area (Å²) in [4.78, 5) is 15.4. The van der Waals surface area contributed by atoms with E-state index in [1.807, 2.05) is 6.92 Å². The van der Waals surface area contributed by atoms with Gasteiger partial charge in [-0.25, -0.2) is 9.37 Å². The van der Waals surface area contributed by atoms with Crippen molar-refractivity contribution >= 4 is 17.5 Å². The van der Waals surface area contributed by atoms with Crippen LogP contribution in [0.3, 0.4) is 0 Å². The van der Waals surface area contributed by atoms with Crippen LogP contribution in [0.2, 0.25) is 5.15 Å². The van der Waals surface area contributed by atoms with Crippen molar-refractivity contribution in [2.75, 3.05) is 6.61 Å². The Morgan fingerprint density at radius 1 is 1.71 bits per heavy atom. The Hall–Kier alpha value is -1.20. The fourth-order valence-electron chi connectivity index (χ4n) is 1.16. The van der Waals surface area contributed by atoms with Crippen LogP contribution < -0.4 is 5.32 Å². The third-order valence-corrected chi connectivity index (χ3v) is 2.90. The fraction of sp³-hybridized carbons (Fsp3) is 0.455. The molecule has 0 aliphatic heterocycles. The summed E-state index contributed by atoms with van der Waals surface area (Å²) < 4.78 is 13.0. The number of rotatable bonds is 4. The third kappa shape index (κ3) is 3.38. The van der Waals surface area contributed by atoms with Gasteiger partial charge in [-0.3, -0.25) is 4.79 Å². The van der Waals surface area contributed by atoms with Crippen molar-refractivity contribution in [3.8, 4) is 0 Å². The normalized spacial score (nSPS) is 14.2. The maximum Gasteiger partial charge on any atom is 0.255 e. The number of hydrogen-bond acceptors (Lipinski definition) is 3. The standard InChI is InChI=1S/C11H14ClFN2O2/c1-3-11(2,6-16)15-10(17)8-4-7(13)5-14-9(8)12/h4-5,16H,3,6H2,1-2H3,(H,15,17). The number of aliphatic hydroxyl groups is 1. The van der Waals surface area contributed by atoms with Crippen LogP contribution in [0.4, 0.5) is 4.39 Å². The number of nitrogens with one attached hydrogen (secondary N) is 1. The van der Waals surface area contributed by atoms with Gasteiger partial charge in [0, 0.05) is 0 Å². The number of amides is 1. The highest BCUT2D eigenvalue weighted by atomic mass is 35.5.